The number of carboxylic acids is 1. The Kier molecular flexibility index (Phi) is 2.14. The van der Waals surface area contributed by atoms with Gasteiger partial charge in [-0.05, 0) is 6.92 Å². The molecular weight excluding hydrogens is 168 g/mol. The highest BCUT2D eigenvalue weighted by Gasteiger charge is 2.05. The van der Waals surface area contributed by atoms with E-state index in [4.69, 9.17) is 11.6 Å². The summed E-state index contributed by atoms with van der Waals surface area (Å²) in [6.45, 7) is 1.47. The van der Waals surface area contributed by atoms with Crippen molar-refractivity contribution in [1.82, 2.24) is 9.78 Å². The molecule has 0 saturated carbocycles. The lowest BCUT2D eigenvalue weighted by Crippen LogP contribution is -2.31. The summed E-state index contributed by atoms with van der Waals surface area (Å²) in [5.74, 6) is -1.18. The van der Waals surface area contributed by atoms with Crippen LogP contribution >= 0.6 is 11.6 Å². The van der Waals surface area contributed by atoms with Gasteiger partial charge in [0.1, 0.15) is 0 Å². The molecule has 0 spiro atoms. The van der Waals surface area contributed by atoms with E-state index in [1.165, 1.54) is 24.0 Å². The third-order valence-electron chi connectivity index (χ3n) is 1.31. The number of carbonyl (C=O) groups is 1. The molecule has 0 bridgehead atoms. The zero-order valence-electron chi connectivity index (χ0n) is 5.82. The van der Waals surface area contributed by atoms with Crippen LogP contribution in [0.4, 0.5) is 0 Å². The fourth-order valence-electron chi connectivity index (χ4n) is 0.635. The van der Waals surface area contributed by atoms with E-state index >= 15 is 0 Å². The Morgan fingerprint density at radius 3 is 2.91 bits per heavy atom. The second-order valence-electron chi connectivity index (χ2n) is 2.13. The van der Waals surface area contributed by atoms with Gasteiger partial charge in [-0.15, -0.1) is 0 Å². The standard InChI is InChI=1S/C6H7ClN2O2/c1-4(6(10)11)9-3-5(7)2-8-9/h2-4H,1H3,(H,10,11)/p-1/t4-/m1/s1. The van der Waals surface area contributed by atoms with Crippen molar-refractivity contribution in [3.63, 3.8) is 0 Å². The monoisotopic (exact) mass is 173 g/mol. The molecule has 1 aromatic rings. The molecule has 1 rings (SSSR count). The quantitative estimate of drug-likeness (QED) is 0.625. The van der Waals surface area contributed by atoms with Gasteiger partial charge in [0.05, 0.1) is 23.2 Å². The maximum Gasteiger partial charge on any atom is 0.0884 e. The van der Waals surface area contributed by atoms with E-state index in [9.17, 15) is 9.90 Å². The number of halogens is 1. The SMILES string of the molecule is C[C@H](C(=O)[O-])n1cc(Cl)cn1. The van der Waals surface area contributed by atoms with Gasteiger partial charge in [-0.25, -0.2) is 0 Å². The van der Waals surface area contributed by atoms with Crippen molar-refractivity contribution < 1.29 is 9.90 Å². The van der Waals surface area contributed by atoms with Gasteiger partial charge in [-0.3, -0.25) is 4.68 Å². The van der Waals surface area contributed by atoms with E-state index in [1.807, 2.05) is 0 Å². The molecule has 0 saturated heterocycles. The molecule has 0 aliphatic heterocycles. The van der Waals surface area contributed by atoms with Crippen LogP contribution in [0.5, 0.6) is 0 Å². The molecule has 60 valence electrons. The predicted octanol–water partition coefficient (Wildman–Crippen LogP) is -0.153. The lowest BCUT2D eigenvalue weighted by atomic mass is 10.4. The van der Waals surface area contributed by atoms with Gasteiger partial charge in [-0.2, -0.15) is 5.10 Å². The van der Waals surface area contributed by atoms with Crippen LogP contribution in [0.2, 0.25) is 5.02 Å². The minimum Gasteiger partial charge on any atom is -0.548 e. The Bertz CT molecular complexity index is 271. The van der Waals surface area contributed by atoms with E-state index in [-0.39, 0.29) is 0 Å². The van der Waals surface area contributed by atoms with E-state index in [2.05, 4.69) is 5.10 Å². The molecule has 1 heterocycles. The minimum absolute atomic E-state index is 0.415. The van der Waals surface area contributed by atoms with Gasteiger partial charge in [0.25, 0.3) is 0 Å². The van der Waals surface area contributed by atoms with Crippen LogP contribution in [0, 0.1) is 0 Å². The van der Waals surface area contributed by atoms with E-state index in [0.29, 0.717) is 5.02 Å². The first-order valence-corrected chi connectivity index (χ1v) is 3.39. The zero-order chi connectivity index (χ0) is 8.43. The first kappa shape index (κ1) is 8.07. The van der Waals surface area contributed by atoms with E-state index in [1.54, 1.807) is 0 Å². The normalized spacial score (nSPS) is 12.9. The number of carbonyl (C=O) groups excluding carboxylic acids is 1. The lowest BCUT2D eigenvalue weighted by molar-refractivity contribution is -0.310. The molecule has 5 heteroatoms. The second kappa shape index (κ2) is 2.92. The van der Waals surface area contributed by atoms with Crippen molar-refractivity contribution in [2.45, 2.75) is 13.0 Å². The van der Waals surface area contributed by atoms with Gasteiger partial charge >= 0.3 is 0 Å². The molecule has 0 amide bonds. The summed E-state index contributed by atoms with van der Waals surface area (Å²) in [4.78, 5) is 10.3. The first-order chi connectivity index (χ1) is 5.11. The molecule has 11 heavy (non-hydrogen) atoms. The van der Waals surface area contributed by atoms with Crippen molar-refractivity contribution in [3.8, 4) is 0 Å². The fraction of sp³-hybridized carbons (Fsp3) is 0.333. The highest BCUT2D eigenvalue weighted by Crippen LogP contribution is 2.09. The summed E-state index contributed by atoms with van der Waals surface area (Å²) in [5.41, 5.74) is 0. The third kappa shape index (κ3) is 1.71. The molecule has 0 fully saturated rings. The summed E-state index contributed by atoms with van der Waals surface area (Å²) >= 11 is 5.51. The Labute approximate surface area is 68.4 Å². The smallest absolute Gasteiger partial charge is 0.0884 e. The van der Waals surface area contributed by atoms with Crippen molar-refractivity contribution in [2.24, 2.45) is 0 Å². The molecule has 1 aromatic heterocycles. The van der Waals surface area contributed by atoms with Gasteiger partial charge in [0, 0.05) is 6.20 Å². The number of aromatic nitrogens is 2. The van der Waals surface area contributed by atoms with Gasteiger partial charge < -0.3 is 9.90 Å². The molecule has 0 aliphatic rings. The summed E-state index contributed by atoms with van der Waals surface area (Å²) < 4.78 is 1.23. The molecule has 0 N–H and O–H groups in total. The number of rotatable bonds is 2. The Hall–Kier alpha value is -1.03. The summed E-state index contributed by atoms with van der Waals surface area (Å²) in [6, 6.07) is -0.775. The van der Waals surface area contributed by atoms with Crippen molar-refractivity contribution in [1.29, 1.82) is 0 Å². The van der Waals surface area contributed by atoms with Crippen molar-refractivity contribution >= 4 is 17.6 Å². The number of hydrogen-bond donors (Lipinski definition) is 0. The van der Waals surface area contributed by atoms with Gasteiger partial charge in [-0.1, -0.05) is 11.6 Å². The third-order valence-corrected chi connectivity index (χ3v) is 1.50. The summed E-state index contributed by atoms with van der Waals surface area (Å²) in [6.07, 6.45) is 2.81. The van der Waals surface area contributed by atoms with Crippen molar-refractivity contribution in [3.05, 3.63) is 17.4 Å². The number of nitrogens with zero attached hydrogens (tertiary/aromatic N) is 2. The maximum absolute atomic E-state index is 10.3. The second-order valence-corrected chi connectivity index (χ2v) is 2.57. The molecule has 4 nitrogen and oxygen atoms in total. The summed E-state index contributed by atoms with van der Waals surface area (Å²) in [7, 11) is 0. The predicted molar refractivity (Wildman–Crippen MR) is 37.0 cm³/mol. The largest absolute Gasteiger partial charge is 0.548 e. The Balaban J connectivity index is 2.84. The number of carboxylic acid groups (broad SMARTS) is 1. The average molecular weight is 174 g/mol. The Morgan fingerprint density at radius 2 is 2.55 bits per heavy atom. The van der Waals surface area contributed by atoms with Crippen LogP contribution in [-0.2, 0) is 4.79 Å². The van der Waals surface area contributed by atoms with Gasteiger partial charge in [0.15, 0.2) is 0 Å². The van der Waals surface area contributed by atoms with Crippen LogP contribution in [0.1, 0.15) is 13.0 Å². The minimum atomic E-state index is -1.18. The van der Waals surface area contributed by atoms with Crippen LogP contribution in [-0.4, -0.2) is 15.7 Å². The molecule has 0 radical (unpaired) electrons. The first-order valence-electron chi connectivity index (χ1n) is 3.02. The van der Waals surface area contributed by atoms with E-state index < -0.39 is 12.0 Å². The van der Waals surface area contributed by atoms with Crippen LogP contribution < -0.4 is 5.11 Å². The molecule has 0 aliphatic carbocycles. The van der Waals surface area contributed by atoms with E-state index in [0.717, 1.165) is 0 Å². The molecule has 0 unspecified atom stereocenters. The van der Waals surface area contributed by atoms with Crippen LogP contribution in [0.15, 0.2) is 12.4 Å². The number of aliphatic carboxylic acids is 1. The van der Waals surface area contributed by atoms with Crippen LogP contribution in [0.25, 0.3) is 0 Å². The number of hydrogen-bond acceptors (Lipinski definition) is 3. The summed E-state index contributed by atoms with van der Waals surface area (Å²) in [5, 5.41) is 14.4. The maximum atomic E-state index is 10.3. The van der Waals surface area contributed by atoms with Crippen LogP contribution in [0.3, 0.4) is 0 Å². The highest BCUT2D eigenvalue weighted by atomic mass is 35.5. The Morgan fingerprint density at radius 1 is 1.91 bits per heavy atom. The highest BCUT2D eigenvalue weighted by molar-refractivity contribution is 6.30. The average Bonchev–Trinajstić information content (AvgIpc) is 2.34. The molecule has 0 aromatic carbocycles. The fourth-order valence-corrected chi connectivity index (χ4v) is 0.778. The van der Waals surface area contributed by atoms with Gasteiger partial charge in [0.2, 0.25) is 0 Å². The lowest BCUT2D eigenvalue weighted by Gasteiger charge is -2.11. The molecule has 1 atom stereocenters. The van der Waals surface area contributed by atoms with Crippen molar-refractivity contribution in [2.75, 3.05) is 0 Å². The topological polar surface area (TPSA) is 57.9 Å². The molecular formula is C6H6ClN2O2-. The zero-order valence-corrected chi connectivity index (χ0v) is 6.58.